The van der Waals surface area contributed by atoms with Crippen molar-refractivity contribution in [3.63, 3.8) is 0 Å². The first-order chi connectivity index (χ1) is 6.33. The molecule has 0 atom stereocenters. The fourth-order valence-electron chi connectivity index (χ4n) is 1.26. The van der Waals surface area contributed by atoms with E-state index in [0.717, 1.165) is 17.6 Å². The Morgan fingerprint density at radius 2 is 2.38 bits per heavy atom. The molecule has 0 saturated heterocycles. The molecular formula is C9H8ClN3. The van der Waals surface area contributed by atoms with Crippen molar-refractivity contribution in [2.45, 2.75) is 6.54 Å². The third kappa shape index (κ3) is 1.31. The first-order valence-corrected chi connectivity index (χ1v) is 4.27. The normalized spacial score (nSPS) is 10.5. The molecule has 0 unspecified atom stereocenters. The molecule has 0 aliphatic heterocycles. The lowest BCUT2D eigenvalue weighted by Gasteiger charge is -1.98. The molecule has 2 rings (SSSR count). The van der Waals surface area contributed by atoms with Crippen LogP contribution in [0.25, 0.3) is 11.0 Å². The molecule has 13 heavy (non-hydrogen) atoms. The van der Waals surface area contributed by atoms with E-state index < -0.39 is 0 Å². The van der Waals surface area contributed by atoms with Gasteiger partial charge >= 0.3 is 0 Å². The van der Waals surface area contributed by atoms with Crippen molar-refractivity contribution < 1.29 is 0 Å². The zero-order valence-electron chi connectivity index (χ0n) is 6.94. The highest BCUT2D eigenvalue weighted by molar-refractivity contribution is 6.33. The van der Waals surface area contributed by atoms with Crippen molar-refractivity contribution >= 4 is 22.6 Å². The van der Waals surface area contributed by atoms with Crippen LogP contribution in [0.3, 0.4) is 0 Å². The van der Waals surface area contributed by atoms with E-state index in [0.29, 0.717) is 5.15 Å². The Bertz CT molecular complexity index is 447. The maximum Gasteiger partial charge on any atom is 0.145 e. The highest BCUT2D eigenvalue weighted by Crippen LogP contribution is 2.19. The number of hydrogen-bond donors (Lipinski definition) is 0. The lowest BCUT2D eigenvalue weighted by Crippen LogP contribution is -1.94. The molecule has 0 spiro atoms. The summed E-state index contributed by atoms with van der Waals surface area (Å²) in [5, 5.41) is 1.37. The maximum atomic E-state index is 5.88. The summed E-state index contributed by atoms with van der Waals surface area (Å²) < 4.78 is 1.97. The molecule has 0 aliphatic carbocycles. The van der Waals surface area contributed by atoms with E-state index in [1.807, 2.05) is 22.9 Å². The molecular weight excluding hydrogens is 186 g/mol. The van der Waals surface area contributed by atoms with Gasteiger partial charge in [-0.25, -0.2) is 9.97 Å². The molecule has 0 aromatic carbocycles. The van der Waals surface area contributed by atoms with Crippen LogP contribution in [0.15, 0.2) is 31.2 Å². The minimum absolute atomic E-state index is 0.493. The first-order valence-electron chi connectivity index (χ1n) is 3.89. The molecule has 2 aromatic rings. The van der Waals surface area contributed by atoms with Crippen LogP contribution >= 0.6 is 11.6 Å². The average Bonchev–Trinajstić information content (AvgIpc) is 2.51. The number of halogens is 1. The van der Waals surface area contributed by atoms with Gasteiger partial charge in [0.15, 0.2) is 0 Å². The number of allylic oxidation sites excluding steroid dienone is 1. The van der Waals surface area contributed by atoms with E-state index in [1.165, 1.54) is 6.33 Å². The lowest BCUT2D eigenvalue weighted by molar-refractivity contribution is 0.850. The van der Waals surface area contributed by atoms with Gasteiger partial charge in [-0.15, -0.1) is 6.58 Å². The van der Waals surface area contributed by atoms with Crippen LogP contribution in [0, 0.1) is 0 Å². The number of fused-ring (bicyclic) bond motifs is 1. The van der Waals surface area contributed by atoms with Crippen molar-refractivity contribution in [3.8, 4) is 0 Å². The quantitative estimate of drug-likeness (QED) is 0.541. The topological polar surface area (TPSA) is 30.7 Å². The summed E-state index contributed by atoms with van der Waals surface area (Å²) in [6.07, 6.45) is 5.20. The van der Waals surface area contributed by atoms with Crippen molar-refractivity contribution in [3.05, 3.63) is 36.4 Å². The molecule has 0 fully saturated rings. The van der Waals surface area contributed by atoms with Gasteiger partial charge in [-0.05, 0) is 6.07 Å². The number of nitrogens with zero attached hydrogens (tertiary/aromatic N) is 3. The van der Waals surface area contributed by atoms with Gasteiger partial charge in [-0.3, -0.25) is 0 Å². The number of hydrogen-bond acceptors (Lipinski definition) is 2. The molecule has 2 heterocycles. The summed E-state index contributed by atoms with van der Waals surface area (Å²) in [6.45, 7) is 4.40. The van der Waals surface area contributed by atoms with E-state index in [2.05, 4.69) is 16.5 Å². The van der Waals surface area contributed by atoms with Gasteiger partial charge < -0.3 is 4.57 Å². The second-order valence-corrected chi connectivity index (χ2v) is 3.02. The summed E-state index contributed by atoms with van der Waals surface area (Å²) in [7, 11) is 0. The maximum absolute atomic E-state index is 5.88. The molecule has 2 aromatic heterocycles. The Labute approximate surface area is 80.7 Å². The summed E-state index contributed by atoms with van der Waals surface area (Å²) in [5.74, 6) is 0. The number of rotatable bonds is 2. The first kappa shape index (κ1) is 8.26. The van der Waals surface area contributed by atoms with Gasteiger partial charge in [-0.1, -0.05) is 17.7 Å². The zero-order chi connectivity index (χ0) is 9.26. The Kier molecular flexibility index (Phi) is 2.02. The molecule has 66 valence electrons. The van der Waals surface area contributed by atoms with Crippen LogP contribution in [-0.2, 0) is 6.54 Å². The van der Waals surface area contributed by atoms with Crippen LogP contribution in [0.2, 0.25) is 5.15 Å². The van der Waals surface area contributed by atoms with Crippen molar-refractivity contribution in [1.82, 2.24) is 14.5 Å². The van der Waals surface area contributed by atoms with Gasteiger partial charge in [0.1, 0.15) is 17.1 Å². The summed E-state index contributed by atoms with van der Waals surface area (Å²) in [6, 6.07) is 1.90. The van der Waals surface area contributed by atoms with Gasteiger partial charge in [0.05, 0.1) is 5.39 Å². The highest BCUT2D eigenvalue weighted by atomic mass is 35.5. The monoisotopic (exact) mass is 193 g/mol. The Morgan fingerprint density at radius 3 is 3.15 bits per heavy atom. The van der Waals surface area contributed by atoms with E-state index in [4.69, 9.17) is 11.6 Å². The van der Waals surface area contributed by atoms with Crippen LogP contribution in [0.5, 0.6) is 0 Å². The Hall–Kier alpha value is -1.35. The molecule has 0 bridgehead atoms. The van der Waals surface area contributed by atoms with E-state index in [9.17, 15) is 0 Å². The SMILES string of the molecule is C=CCn1ccc2c(Cl)ncnc21. The van der Waals surface area contributed by atoms with Crippen molar-refractivity contribution in [2.24, 2.45) is 0 Å². The zero-order valence-corrected chi connectivity index (χ0v) is 7.70. The third-order valence-electron chi connectivity index (χ3n) is 1.83. The highest BCUT2D eigenvalue weighted by Gasteiger charge is 2.04. The Balaban J connectivity index is 2.67. The fourth-order valence-corrected chi connectivity index (χ4v) is 1.45. The number of aromatic nitrogens is 3. The predicted octanol–water partition coefficient (Wildman–Crippen LogP) is 2.27. The van der Waals surface area contributed by atoms with Gasteiger partial charge in [0.2, 0.25) is 0 Å². The molecule has 4 heteroatoms. The van der Waals surface area contributed by atoms with Gasteiger partial charge in [0.25, 0.3) is 0 Å². The average molecular weight is 194 g/mol. The Morgan fingerprint density at radius 1 is 1.54 bits per heavy atom. The second kappa shape index (κ2) is 3.18. The molecule has 0 saturated carbocycles. The van der Waals surface area contributed by atoms with E-state index in [1.54, 1.807) is 0 Å². The second-order valence-electron chi connectivity index (χ2n) is 2.66. The van der Waals surface area contributed by atoms with Crippen LogP contribution in [-0.4, -0.2) is 14.5 Å². The van der Waals surface area contributed by atoms with E-state index >= 15 is 0 Å². The van der Waals surface area contributed by atoms with E-state index in [-0.39, 0.29) is 0 Å². The minimum Gasteiger partial charge on any atom is -0.329 e. The van der Waals surface area contributed by atoms with Crippen molar-refractivity contribution in [2.75, 3.05) is 0 Å². The molecule has 0 aliphatic rings. The van der Waals surface area contributed by atoms with Crippen LogP contribution in [0.4, 0.5) is 0 Å². The third-order valence-corrected chi connectivity index (χ3v) is 2.13. The summed E-state index contributed by atoms with van der Waals surface area (Å²) >= 11 is 5.88. The molecule has 0 amide bonds. The molecule has 3 nitrogen and oxygen atoms in total. The molecule has 0 radical (unpaired) electrons. The van der Waals surface area contributed by atoms with Gasteiger partial charge in [-0.2, -0.15) is 0 Å². The minimum atomic E-state index is 0.493. The standard InChI is InChI=1S/C9H8ClN3/c1-2-4-13-5-3-7-8(10)11-6-12-9(7)13/h2-3,5-6H,1,4H2. The largest absolute Gasteiger partial charge is 0.329 e. The van der Waals surface area contributed by atoms with Crippen molar-refractivity contribution in [1.29, 1.82) is 0 Å². The van der Waals surface area contributed by atoms with Crippen LogP contribution < -0.4 is 0 Å². The van der Waals surface area contributed by atoms with Crippen LogP contribution in [0.1, 0.15) is 0 Å². The summed E-state index contributed by atoms with van der Waals surface area (Å²) in [5.41, 5.74) is 0.847. The predicted molar refractivity (Wildman–Crippen MR) is 52.7 cm³/mol. The molecule has 0 N–H and O–H groups in total. The smallest absolute Gasteiger partial charge is 0.145 e. The lowest BCUT2D eigenvalue weighted by atomic mass is 10.4. The fraction of sp³-hybridized carbons (Fsp3) is 0.111. The summed E-state index contributed by atoms with van der Waals surface area (Å²) in [4.78, 5) is 8.04. The van der Waals surface area contributed by atoms with Gasteiger partial charge in [0, 0.05) is 12.7 Å².